The minimum atomic E-state index is -0.256. The number of hydrogen-bond donors (Lipinski definition) is 1. The van der Waals surface area contributed by atoms with Crippen LogP contribution in [0.15, 0.2) is 54.6 Å². The first-order chi connectivity index (χ1) is 16.6. The summed E-state index contributed by atoms with van der Waals surface area (Å²) in [5.74, 6) is 0.190. The first-order valence-corrected chi connectivity index (χ1v) is 12.5. The number of unbranched alkanes of at least 4 members (excludes halogenated alkanes) is 1. The summed E-state index contributed by atoms with van der Waals surface area (Å²) in [4.78, 5) is 27.7. The lowest BCUT2D eigenvalue weighted by Gasteiger charge is -2.21. The van der Waals surface area contributed by atoms with Gasteiger partial charge in [-0.3, -0.25) is 9.59 Å². The van der Waals surface area contributed by atoms with E-state index >= 15 is 0 Å². The molecule has 186 valence electrons. The van der Waals surface area contributed by atoms with Crippen molar-refractivity contribution in [2.45, 2.75) is 66.2 Å². The van der Waals surface area contributed by atoms with E-state index < -0.39 is 0 Å². The summed E-state index contributed by atoms with van der Waals surface area (Å²) in [6.07, 6.45) is 3.28. The molecule has 0 radical (unpaired) electrons. The fourth-order valence-corrected chi connectivity index (χ4v) is 3.85. The fraction of sp³-hybridized carbons (Fsp3) is 0.414. The van der Waals surface area contributed by atoms with Gasteiger partial charge in [0, 0.05) is 23.6 Å². The molecule has 0 spiro atoms. The van der Waals surface area contributed by atoms with Gasteiger partial charge in [0.05, 0.1) is 11.4 Å². The first-order valence-electron chi connectivity index (χ1n) is 12.5. The monoisotopic (exact) mass is 474 g/mol. The molecule has 1 heterocycles. The average molecular weight is 475 g/mol. The number of carbonyl (C=O) groups excluding carboxylic acids is 2. The Kier molecular flexibility index (Phi) is 8.49. The maximum absolute atomic E-state index is 13.1. The normalized spacial score (nSPS) is 11.4. The van der Waals surface area contributed by atoms with Crippen LogP contribution in [0, 0.1) is 6.92 Å². The Bertz CT molecular complexity index is 1160. The number of rotatable bonds is 9. The van der Waals surface area contributed by atoms with E-state index in [0.717, 1.165) is 36.2 Å². The molecule has 6 heteroatoms. The van der Waals surface area contributed by atoms with Crippen LogP contribution in [0.25, 0.3) is 5.69 Å². The number of amides is 2. The van der Waals surface area contributed by atoms with E-state index in [0.29, 0.717) is 17.9 Å². The van der Waals surface area contributed by atoms with E-state index in [-0.39, 0.29) is 23.8 Å². The summed E-state index contributed by atoms with van der Waals surface area (Å²) in [7, 11) is 0. The number of benzene rings is 2. The highest BCUT2D eigenvalue weighted by Crippen LogP contribution is 2.26. The summed E-state index contributed by atoms with van der Waals surface area (Å²) >= 11 is 0. The smallest absolute Gasteiger partial charge is 0.254 e. The molecule has 35 heavy (non-hydrogen) atoms. The van der Waals surface area contributed by atoms with Gasteiger partial charge in [-0.1, -0.05) is 58.4 Å². The van der Waals surface area contributed by atoms with E-state index in [1.165, 1.54) is 5.56 Å². The Morgan fingerprint density at radius 1 is 1.03 bits per heavy atom. The minimum absolute atomic E-state index is 0.0310. The summed E-state index contributed by atoms with van der Waals surface area (Å²) in [6, 6.07) is 17.6. The number of aromatic nitrogens is 2. The van der Waals surface area contributed by atoms with Crippen LogP contribution in [0.5, 0.6) is 0 Å². The van der Waals surface area contributed by atoms with Crippen molar-refractivity contribution in [3.05, 3.63) is 77.0 Å². The zero-order valence-electron chi connectivity index (χ0n) is 21.9. The second-order valence-electron chi connectivity index (χ2n) is 10.1. The molecule has 0 fully saturated rings. The molecule has 2 aromatic carbocycles. The number of aryl methyl sites for hydroxylation is 2. The van der Waals surface area contributed by atoms with Gasteiger partial charge in [0.2, 0.25) is 5.91 Å². The molecular formula is C29H38N4O2. The molecule has 3 aromatic rings. The van der Waals surface area contributed by atoms with Crippen molar-refractivity contribution in [3.8, 4) is 5.69 Å². The van der Waals surface area contributed by atoms with Gasteiger partial charge in [0.1, 0.15) is 12.4 Å². The minimum Gasteiger partial charge on any atom is -0.330 e. The van der Waals surface area contributed by atoms with E-state index in [2.05, 4.69) is 33.0 Å². The van der Waals surface area contributed by atoms with E-state index in [1.807, 2.05) is 68.4 Å². The lowest BCUT2D eigenvalue weighted by Crippen LogP contribution is -2.38. The molecule has 0 bridgehead atoms. The maximum atomic E-state index is 13.1. The van der Waals surface area contributed by atoms with Crippen LogP contribution in [-0.2, 0) is 16.6 Å². The van der Waals surface area contributed by atoms with Crippen molar-refractivity contribution in [1.82, 2.24) is 14.7 Å². The Labute approximate surface area is 209 Å². The van der Waals surface area contributed by atoms with Crippen molar-refractivity contribution < 1.29 is 9.59 Å². The van der Waals surface area contributed by atoms with Crippen molar-refractivity contribution in [2.24, 2.45) is 0 Å². The average Bonchev–Trinajstić information content (AvgIpc) is 3.25. The van der Waals surface area contributed by atoms with Gasteiger partial charge in [-0.15, -0.1) is 0 Å². The number of anilines is 1. The second kappa shape index (κ2) is 11.3. The summed E-state index contributed by atoms with van der Waals surface area (Å²) < 4.78 is 1.76. The van der Waals surface area contributed by atoms with Gasteiger partial charge < -0.3 is 10.2 Å². The second-order valence-corrected chi connectivity index (χ2v) is 10.1. The molecule has 0 aliphatic heterocycles. The van der Waals surface area contributed by atoms with Gasteiger partial charge >= 0.3 is 0 Å². The standard InChI is InChI=1S/C29H38N4O2/c1-7-9-12-22-14-16-23(17-15-22)28(35)32(8-2)20-27(34)30-26-19-25(29(4,5)6)31-33(26)24-13-10-11-21(3)18-24/h10-11,13-19H,7-9,12,20H2,1-6H3,(H,30,34). The highest BCUT2D eigenvalue weighted by atomic mass is 16.2. The molecular weight excluding hydrogens is 436 g/mol. The van der Waals surface area contributed by atoms with E-state index in [9.17, 15) is 9.59 Å². The van der Waals surface area contributed by atoms with Crippen LogP contribution < -0.4 is 5.32 Å². The third kappa shape index (κ3) is 6.81. The third-order valence-corrected chi connectivity index (χ3v) is 6.01. The van der Waals surface area contributed by atoms with Crippen LogP contribution in [0.4, 0.5) is 5.82 Å². The van der Waals surface area contributed by atoms with Crippen molar-refractivity contribution in [2.75, 3.05) is 18.4 Å². The Morgan fingerprint density at radius 3 is 2.34 bits per heavy atom. The van der Waals surface area contributed by atoms with Gasteiger partial charge in [-0.25, -0.2) is 4.68 Å². The number of carbonyl (C=O) groups is 2. The van der Waals surface area contributed by atoms with Crippen molar-refractivity contribution in [1.29, 1.82) is 0 Å². The SMILES string of the molecule is CCCCc1ccc(C(=O)N(CC)CC(=O)Nc2cc(C(C)(C)C)nn2-c2cccc(C)c2)cc1. The zero-order valence-corrected chi connectivity index (χ0v) is 21.9. The molecule has 2 amide bonds. The molecule has 3 rings (SSSR count). The highest BCUT2D eigenvalue weighted by Gasteiger charge is 2.23. The highest BCUT2D eigenvalue weighted by molar-refractivity contribution is 5.99. The quantitative estimate of drug-likeness (QED) is 0.418. The third-order valence-electron chi connectivity index (χ3n) is 6.01. The molecule has 0 saturated heterocycles. The lowest BCUT2D eigenvalue weighted by molar-refractivity contribution is -0.116. The van der Waals surface area contributed by atoms with Crippen molar-refractivity contribution >= 4 is 17.6 Å². The lowest BCUT2D eigenvalue weighted by atomic mass is 9.92. The summed E-state index contributed by atoms with van der Waals surface area (Å²) in [6.45, 7) is 12.8. The molecule has 1 N–H and O–H groups in total. The van der Waals surface area contributed by atoms with E-state index in [4.69, 9.17) is 5.10 Å². The predicted molar refractivity (Wildman–Crippen MR) is 142 cm³/mol. The number of hydrogen-bond acceptors (Lipinski definition) is 3. The van der Waals surface area contributed by atoms with Gasteiger partial charge in [0.15, 0.2) is 0 Å². The largest absolute Gasteiger partial charge is 0.330 e. The molecule has 0 aliphatic carbocycles. The van der Waals surface area contributed by atoms with Crippen LogP contribution in [-0.4, -0.2) is 39.6 Å². The number of nitrogens with zero attached hydrogens (tertiary/aromatic N) is 3. The molecule has 0 atom stereocenters. The number of likely N-dealkylation sites (N-methyl/N-ethyl adjacent to an activating group) is 1. The van der Waals surface area contributed by atoms with Crippen LogP contribution in [0.3, 0.4) is 0 Å². The first kappa shape index (κ1) is 26.2. The Balaban J connectivity index is 1.77. The van der Waals surface area contributed by atoms with E-state index in [1.54, 1.807) is 9.58 Å². The number of nitrogens with one attached hydrogen (secondary N) is 1. The predicted octanol–water partition coefficient (Wildman–Crippen LogP) is 5.92. The van der Waals surface area contributed by atoms with Crippen molar-refractivity contribution in [3.63, 3.8) is 0 Å². The molecule has 0 aliphatic rings. The van der Waals surface area contributed by atoms with Crippen LogP contribution >= 0.6 is 0 Å². The Morgan fingerprint density at radius 2 is 1.74 bits per heavy atom. The van der Waals surface area contributed by atoms with Crippen LogP contribution in [0.2, 0.25) is 0 Å². The Hall–Kier alpha value is -3.41. The zero-order chi connectivity index (χ0) is 25.6. The van der Waals surface area contributed by atoms with Gasteiger partial charge in [-0.05, 0) is 62.1 Å². The molecule has 0 unspecified atom stereocenters. The molecule has 0 saturated carbocycles. The maximum Gasteiger partial charge on any atom is 0.254 e. The molecule has 6 nitrogen and oxygen atoms in total. The van der Waals surface area contributed by atoms with Gasteiger partial charge in [0.25, 0.3) is 5.91 Å². The summed E-state index contributed by atoms with van der Waals surface area (Å²) in [5, 5.41) is 7.77. The van der Waals surface area contributed by atoms with Crippen LogP contribution in [0.1, 0.15) is 74.6 Å². The topological polar surface area (TPSA) is 67.2 Å². The van der Waals surface area contributed by atoms with Gasteiger partial charge in [-0.2, -0.15) is 5.10 Å². The molecule has 1 aromatic heterocycles. The fourth-order valence-electron chi connectivity index (χ4n) is 3.85. The summed E-state index contributed by atoms with van der Waals surface area (Å²) in [5.41, 5.74) is 4.51.